The second-order valence-corrected chi connectivity index (χ2v) is 7.78. The monoisotopic (exact) mass is 376 g/mol. The summed E-state index contributed by atoms with van der Waals surface area (Å²) in [7, 11) is -2.01. The van der Waals surface area contributed by atoms with Crippen LogP contribution in [0.5, 0.6) is 5.75 Å². The van der Waals surface area contributed by atoms with Gasteiger partial charge in [0.2, 0.25) is 15.9 Å². The molecule has 2 N–H and O–H groups in total. The first-order valence-corrected chi connectivity index (χ1v) is 9.76. The van der Waals surface area contributed by atoms with Gasteiger partial charge in [-0.25, -0.2) is 13.1 Å². The number of amides is 1. The maximum Gasteiger partial charge on any atom is 0.240 e. The minimum absolute atomic E-state index is 0.129. The number of nitrogens with one attached hydrogen (secondary N) is 2. The highest BCUT2D eigenvalue weighted by molar-refractivity contribution is 7.89. The molecule has 0 unspecified atom stereocenters. The molecular weight excluding hydrogens is 352 g/mol. The molecule has 2 aromatic carbocycles. The maximum absolute atomic E-state index is 12.4. The van der Waals surface area contributed by atoms with Crippen molar-refractivity contribution >= 4 is 15.9 Å². The summed E-state index contributed by atoms with van der Waals surface area (Å²) in [5.41, 5.74) is 2.43. The van der Waals surface area contributed by atoms with Crippen LogP contribution in [-0.4, -0.2) is 34.5 Å². The maximum atomic E-state index is 12.4. The summed E-state index contributed by atoms with van der Waals surface area (Å²) in [6.45, 7) is 3.95. The Morgan fingerprint density at radius 1 is 1.04 bits per heavy atom. The van der Waals surface area contributed by atoms with E-state index >= 15 is 0 Å². The van der Waals surface area contributed by atoms with Gasteiger partial charge in [-0.1, -0.05) is 24.3 Å². The van der Waals surface area contributed by atoms with Crippen LogP contribution >= 0.6 is 0 Å². The Morgan fingerprint density at radius 3 is 2.38 bits per heavy atom. The molecule has 2 rings (SSSR count). The number of ether oxygens (including phenoxy) is 1. The first kappa shape index (κ1) is 19.9. The molecule has 0 aliphatic heterocycles. The molecule has 26 heavy (non-hydrogen) atoms. The van der Waals surface area contributed by atoms with E-state index in [1.807, 2.05) is 25.1 Å². The predicted octanol–water partition coefficient (Wildman–Crippen LogP) is 1.95. The molecule has 6 nitrogen and oxygen atoms in total. The molecule has 0 radical (unpaired) electrons. The van der Waals surface area contributed by atoms with Crippen LogP contribution in [0.2, 0.25) is 0 Å². The molecular formula is C19H24N2O4S. The van der Waals surface area contributed by atoms with Crippen LogP contribution in [0.15, 0.2) is 47.4 Å². The number of aryl methyl sites for hydroxylation is 2. The number of methoxy groups -OCH3 is 1. The number of hydrogen-bond donors (Lipinski definition) is 2. The Morgan fingerprint density at radius 2 is 1.73 bits per heavy atom. The van der Waals surface area contributed by atoms with Crippen LogP contribution in [0.1, 0.15) is 16.7 Å². The quantitative estimate of drug-likeness (QED) is 0.690. The highest BCUT2D eigenvalue weighted by Crippen LogP contribution is 2.16. The summed E-state index contributed by atoms with van der Waals surface area (Å²) in [6, 6.07) is 12.5. The third-order valence-electron chi connectivity index (χ3n) is 3.90. The van der Waals surface area contributed by atoms with Crippen LogP contribution in [0, 0.1) is 13.8 Å². The van der Waals surface area contributed by atoms with Crippen LogP contribution < -0.4 is 14.8 Å². The summed E-state index contributed by atoms with van der Waals surface area (Å²) < 4.78 is 32.3. The normalized spacial score (nSPS) is 11.2. The van der Waals surface area contributed by atoms with Crippen molar-refractivity contribution < 1.29 is 17.9 Å². The van der Waals surface area contributed by atoms with Gasteiger partial charge in [-0.05, 0) is 48.7 Å². The van der Waals surface area contributed by atoms with Gasteiger partial charge in [0, 0.05) is 13.1 Å². The summed E-state index contributed by atoms with van der Waals surface area (Å²) in [5.74, 6) is 0.566. The van der Waals surface area contributed by atoms with E-state index in [1.165, 1.54) is 0 Å². The molecule has 0 bridgehead atoms. The van der Waals surface area contributed by atoms with Crippen molar-refractivity contribution in [3.8, 4) is 5.75 Å². The SMILES string of the molecule is COc1ccc(CC(=O)NCCNS(=O)(=O)c2cc(C)ccc2C)cc1. The van der Waals surface area contributed by atoms with E-state index in [2.05, 4.69) is 10.0 Å². The van der Waals surface area contributed by atoms with E-state index in [4.69, 9.17) is 4.74 Å². The Bertz CT molecular complexity index is 862. The van der Waals surface area contributed by atoms with Gasteiger partial charge in [0.1, 0.15) is 5.75 Å². The van der Waals surface area contributed by atoms with E-state index in [1.54, 1.807) is 38.3 Å². The lowest BCUT2D eigenvalue weighted by Gasteiger charge is -2.11. The molecule has 0 aliphatic rings. The predicted molar refractivity (Wildman–Crippen MR) is 101 cm³/mol. The summed E-state index contributed by atoms with van der Waals surface area (Å²) >= 11 is 0. The van der Waals surface area contributed by atoms with Crippen molar-refractivity contribution in [3.05, 3.63) is 59.2 Å². The molecule has 0 aromatic heterocycles. The zero-order valence-electron chi connectivity index (χ0n) is 15.2. The number of sulfonamides is 1. The molecule has 0 saturated heterocycles. The van der Waals surface area contributed by atoms with Gasteiger partial charge in [0.25, 0.3) is 0 Å². The van der Waals surface area contributed by atoms with E-state index in [-0.39, 0.29) is 30.3 Å². The van der Waals surface area contributed by atoms with Gasteiger partial charge in [-0.2, -0.15) is 0 Å². The van der Waals surface area contributed by atoms with Gasteiger partial charge in [0.15, 0.2) is 0 Å². The Balaban J connectivity index is 1.81. The molecule has 7 heteroatoms. The Labute approximate surface area is 154 Å². The number of benzene rings is 2. The van der Waals surface area contributed by atoms with Crippen molar-refractivity contribution in [1.82, 2.24) is 10.0 Å². The Kier molecular flexibility index (Phi) is 6.76. The third kappa shape index (κ3) is 5.57. The van der Waals surface area contributed by atoms with Crippen molar-refractivity contribution in [2.75, 3.05) is 20.2 Å². The van der Waals surface area contributed by atoms with Crippen LogP contribution in [-0.2, 0) is 21.2 Å². The molecule has 0 aliphatic carbocycles. The topological polar surface area (TPSA) is 84.5 Å². The van der Waals surface area contributed by atoms with Crippen LogP contribution in [0.3, 0.4) is 0 Å². The fourth-order valence-electron chi connectivity index (χ4n) is 2.45. The van der Waals surface area contributed by atoms with E-state index < -0.39 is 10.0 Å². The molecule has 1 amide bonds. The molecule has 0 atom stereocenters. The van der Waals surface area contributed by atoms with Gasteiger partial charge >= 0.3 is 0 Å². The molecule has 0 heterocycles. The van der Waals surface area contributed by atoms with Crippen molar-refractivity contribution in [2.45, 2.75) is 25.2 Å². The average Bonchev–Trinajstić information content (AvgIpc) is 2.61. The van der Waals surface area contributed by atoms with E-state index in [0.717, 1.165) is 16.9 Å². The van der Waals surface area contributed by atoms with Crippen LogP contribution in [0.25, 0.3) is 0 Å². The number of hydrogen-bond acceptors (Lipinski definition) is 4. The third-order valence-corrected chi connectivity index (χ3v) is 5.50. The molecule has 2 aromatic rings. The molecule has 0 fully saturated rings. The summed E-state index contributed by atoms with van der Waals surface area (Å²) in [5, 5.41) is 2.71. The van der Waals surface area contributed by atoms with Gasteiger partial charge in [-0.15, -0.1) is 0 Å². The zero-order valence-corrected chi connectivity index (χ0v) is 16.0. The molecule has 0 saturated carbocycles. The average molecular weight is 376 g/mol. The Hall–Kier alpha value is -2.38. The fraction of sp³-hybridized carbons (Fsp3) is 0.316. The number of carbonyl (C=O) groups excluding carboxylic acids is 1. The summed E-state index contributed by atoms with van der Waals surface area (Å²) in [4.78, 5) is 12.2. The van der Waals surface area contributed by atoms with Gasteiger partial charge < -0.3 is 10.1 Å². The van der Waals surface area contributed by atoms with Crippen molar-refractivity contribution in [3.63, 3.8) is 0 Å². The smallest absolute Gasteiger partial charge is 0.240 e. The van der Waals surface area contributed by atoms with E-state index in [9.17, 15) is 13.2 Å². The van der Waals surface area contributed by atoms with Crippen LogP contribution in [0.4, 0.5) is 0 Å². The lowest BCUT2D eigenvalue weighted by atomic mass is 10.1. The molecule has 140 valence electrons. The number of carbonyl (C=O) groups is 1. The van der Waals surface area contributed by atoms with Gasteiger partial charge in [0.05, 0.1) is 18.4 Å². The first-order valence-electron chi connectivity index (χ1n) is 8.28. The fourth-order valence-corrected chi connectivity index (χ4v) is 3.81. The lowest BCUT2D eigenvalue weighted by molar-refractivity contribution is -0.120. The minimum Gasteiger partial charge on any atom is -0.497 e. The second kappa shape index (κ2) is 8.82. The standard InChI is InChI=1S/C19H24N2O4S/c1-14-4-5-15(2)18(12-14)26(23,24)21-11-10-20-19(22)13-16-6-8-17(25-3)9-7-16/h4-9,12,21H,10-11,13H2,1-3H3,(H,20,22). The van der Waals surface area contributed by atoms with Crippen molar-refractivity contribution in [2.24, 2.45) is 0 Å². The first-order chi connectivity index (χ1) is 12.3. The van der Waals surface area contributed by atoms with Crippen molar-refractivity contribution in [1.29, 1.82) is 0 Å². The largest absolute Gasteiger partial charge is 0.497 e. The molecule has 0 spiro atoms. The number of rotatable bonds is 8. The highest BCUT2D eigenvalue weighted by atomic mass is 32.2. The second-order valence-electron chi connectivity index (χ2n) is 6.04. The van der Waals surface area contributed by atoms with Gasteiger partial charge in [-0.3, -0.25) is 4.79 Å². The highest BCUT2D eigenvalue weighted by Gasteiger charge is 2.16. The zero-order chi connectivity index (χ0) is 19.2. The lowest BCUT2D eigenvalue weighted by Crippen LogP contribution is -2.35. The summed E-state index contributed by atoms with van der Waals surface area (Å²) in [6.07, 6.45) is 0.230. The minimum atomic E-state index is -3.59. The van der Waals surface area contributed by atoms with E-state index in [0.29, 0.717) is 5.56 Å².